The Morgan fingerprint density at radius 2 is 1.68 bits per heavy atom. The minimum Gasteiger partial charge on any atom is -0.494 e. The molecule has 1 unspecified atom stereocenters. The van der Waals surface area contributed by atoms with Crippen molar-refractivity contribution >= 4 is 28.5 Å². The number of benzene rings is 4. The highest BCUT2D eigenvalue weighted by molar-refractivity contribution is 6.04. The van der Waals surface area contributed by atoms with Crippen LogP contribution in [0.4, 0.5) is 5.69 Å². The van der Waals surface area contributed by atoms with E-state index in [0.717, 1.165) is 71.3 Å². The van der Waals surface area contributed by atoms with Crippen molar-refractivity contribution in [2.24, 2.45) is 0 Å². The van der Waals surface area contributed by atoms with Crippen LogP contribution in [-0.4, -0.2) is 39.8 Å². The lowest BCUT2D eigenvalue weighted by Gasteiger charge is -2.37. The van der Waals surface area contributed by atoms with Gasteiger partial charge in [-0.25, -0.2) is 4.79 Å². The second kappa shape index (κ2) is 13.1. The van der Waals surface area contributed by atoms with Crippen molar-refractivity contribution in [2.45, 2.75) is 51.2 Å². The lowest BCUT2D eigenvalue weighted by Crippen LogP contribution is -2.35. The van der Waals surface area contributed by atoms with Crippen LogP contribution in [0.1, 0.15) is 71.6 Å². The number of piperidine rings is 1. The van der Waals surface area contributed by atoms with Gasteiger partial charge in [-0.2, -0.15) is 0 Å². The number of esters is 1. The van der Waals surface area contributed by atoms with E-state index < -0.39 is 5.60 Å². The lowest BCUT2D eigenvalue weighted by molar-refractivity contribution is 0.0599. The Morgan fingerprint density at radius 1 is 0.955 bits per heavy atom. The molecule has 1 N–H and O–H groups in total. The number of rotatable bonds is 10. The number of anilines is 1. The summed E-state index contributed by atoms with van der Waals surface area (Å²) in [6.45, 7) is 5.76. The minimum absolute atomic E-state index is 0.386. The molecule has 0 spiro atoms. The van der Waals surface area contributed by atoms with E-state index in [1.165, 1.54) is 32.1 Å². The molecule has 44 heavy (non-hydrogen) atoms. The highest BCUT2D eigenvalue weighted by Gasteiger charge is 2.39. The smallest absolute Gasteiger partial charge is 0.338 e. The first-order valence-electron chi connectivity index (χ1n) is 15.9. The molecule has 2 aliphatic rings. The summed E-state index contributed by atoms with van der Waals surface area (Å²) < 4.78 is 18.4. The zero-order valence-corrected chi connectivity index (χ0v) is 26.0. The number of carbonyl (C=O) groups excluding carboxylic acids is 1. The van der Waals surface area contributed by atoms with E-state index in [1.807, 2.05) is 37.4 Å². The molecule has 6 nitrogen and oxygen atoms in total. The predicted molar refractivity (Wildman–Crippen MR) is 178 cm³/mol. The number of nitrogens with one attached hydrogen (secondary N) is 1. The molecule has 6 rings (SSSR count). The van der Waals surface area contributed by atoms with E-state index in [4.69, 9.17) is 14.2 Å². The molecule has 0 amide bonds. The van der Waals surface area contributed by atoms with Crippen molar-refractivity contribution < 1.29 is 19.0 Å². The van der Waals surface area contributed by atoms with E-state index in [2.05, 4.69) is 71.7 Å². The van der Waals surface area contributed by atoms with E-state index >= 15 is 0 Å². The van der Waals surface area contributed by atoms with Crippen LogP contribution in [0.15, 0.2) is 78.9 Å². The summed E-state index contributed by atoms with van der Waals surface area (Å²) in [6, 6.07) is 25.2. The molecule has 6 heteroatoms. The fraction of sp³-hybridized carbons (Fsp3) is 0.342. The largest absolute Gasteiger partial charge is 0.494 e. The SMILES string of the molecule is CCCCOc1ccc(C2(c3ccc(N4CCCCC4)cc3)C=Cc3c(C(=O)OC)cc4ccc(CNC)cc4c3O2)cc1. The number of hydrogen-bond donors (Lipinski definition) is 1. The van der Waals surface area contributed by atoms with Crippen LogP contribution in [0.25, 0.3) is 16.8 Å². The highest BCUT2D eigenvalue weighted by Crippen LogP contribution is 2.47. The Bertz CT molecular complexity index is 1640. The maximum atomic E-state index is 13.0. The van der Waals surface area contributed by atoms with E-state index in [1.54, 1.807) is 0 Å². The number of hydrogen-bond acceptors (Lipinski definition) is 6. The third kappa shape index (κ3) is 5.79. The van der Waals surface area contributed by atoms with Crippen LogP contribution in [0.3, 0.4) is 0 Å². The van der Waals surface area contributed by atoms with Crippen molar-refractivity contribution in [1.29, 1.82) is 0 Å². The normalized spacial score (nSPS) is 17.7. The summed E-state index contributed by atoms with van der Waals surface area (Å²) in [4.78, 5) is 15.5. The second-order valence-corrected chi connectivity index (χ2v) is 11.7. The number of fused-ring (bicyclic) bond motifs is 3. The molecule has 2 heterocycles. The fourth-order valence-electron chi connectivity index (χ4n) is 6.37. The molecule has 228 valence electrons. The van der Waals surface area contributed by atoms with Gasteiger partial charge < -0.3 is 24.4 Å². The predicted octanol–water partition coefficient (Wildman–Crippen LogP) is 7.86. The van der Waals surface area contributed by atoms with E-state index in [-0.39, 0.29) is 5.97 Å². The van der Waals surface area contributed by atoms with Gasteiger partial charge in [-0.1, -0.05) is 49.7 Å². The number of methoxy groups -OCH3 is 1. The molecular formula is C38H42N2O4. The summed E-state index contributed by atoms with van der Waals surface area (Å²) in [6.07, 6.45) is 9.96. The van der Waals surface area contributed by atoms with Crippen LogP contribution < -0.4 is 19.7 Å². The van der Waals surface area contributed by atoms with Crippen molar-refractivity contribution in [3.8, 4) is 11.5 Å². The van der Waals surface area contributed by atoms with Crippen LogP contribution in [-0.2, 0) is 16.9 Å². The molecular weight excluding hydrogens is 548 g/mol. The molecule has 0 bridgehead atoms. The second-order valence-electron chi connectivity index (χ2n) is 11.7. The summed E-state index contributed by atoms with van der Waals surface area (Å²) in [7, 11) is 3.36. The van der Waals surface area contributed by atoms with Crippen molar-refractivity contribution in [3.05, 3.63) is 107 Å². The molecule has 2 aliphatic heterocycles. The van der Waals surface area contributed by atoms with Gasteiger partial charge in [0.25, 0.3) is 0 Å². The summed E-state index contributed by atoms with van der Waals surface area (Å²) >= 11 is 0. The first-order valence-corrected chi connectivity index (χ1v) is 15.9. The maximum Gasteiger partial charge on any atom is 0.338 e. The lowest BCUT2D eigenvalue weighted by atomic mass is 9.82. The van der Waals surface area contributed by atoms with Crippen LogP contribution in [0.5, 0.6) is 11.5 Å². The van der Waals surface area contributed by atoms with Gasteiger partial charge in [0, 0.05) is 47.4 Å². The first kappa shape index (κ1) is 29.8. The zero-order valence-electron chi connectivity index (χ0n) is 26.0. The Balaban J connectivity index is 1.49. The quantitative estimate of drug-likeness (QED) is 0.150. The topological polar surface area (TPSA) is 60.0 Å². The Labute approximate surface area is 260 Å². The average Bonchev–Trinajstić information content (AvgIpc) is 3.08. The molecule has 1 fully saturated rings. The number of unbranched alkanes of at least 4 members (excludes halogenated alkanes) is 1. The minimum atomic E-state index is -0.921. The van der Waals surface area contributed by atoms with E-state index in [0.29, 0.717) is 17.9 Å². The number of ether oxygens (including phenoxy) is 3. The maximum absolute atomic E-state index is 13.0. The van der Waals surface area contributed by atoms with Crippen LogP contribution in [0, 0.1) is 0 Å². The van der Waals surface area contributed by atoms with Gasteiger partial charge in [0.05, 0.1) is 19.3 Å². The Morgan fingerprint density at radius 3 is 2.36 bits per heavy atom. The van der Waals surface area contributed by atoms with Crippen molar-refractivity contribution in [2.75, 3.05) is 38.8 Å². The van der Waals surface area contributed by atoms with Crippen molar-refractivity contribution in [1.82, 2.24) is 5.32 Å². The molecule has 0 aliphatic carbocycles. The summed E-state index contributed by atoms with van der Waals surface area (Å²) in [5.74, 6) is 1.13. The van der Waals surface area contributed by atoms with E-state index in [9.17, 15) is 4.79 Å². The molecule has 4 aromatic carbocycles. The Hall–Kier alpha value is -4.29. The molecule has 1 atom stereocenters. The van der Waals surface area contributed by atoms with Crippen LogP contribution in [0.2, 0.25) is 0 Å². The highest BCUT2D eigenvalue weighted by atomic mass is 16.5. The van der Waals surface area contributed by atoms with Gasteiger partial charge in [-0.3, -0.25) is 0 Å². The Kier molecular flexibility index (Phi) is 8.89. The third-order valence-corrected chi connectivity index (χ3v) is 8.80. The van der Waals surface area contributed by atoms with Gasteiger partial charge in [0.2, 0.25) is 0 Å². The summed E-state index contributed by atoms with van der Waals surface area (Å²) in [5, 5.41) is 5.13. The van der Waals surface area contributed by atoms with Crippen LogP contribution >= 0.6 is 0 Å². The molecule has 1 saturated heterocycles. The standard InChI is InChI=1S/C38H42N2O4/c1-4-5-23-43-32-17-13-30(14-18-32)38(29-11-15-31(16-12-29)40-21-7-6-8-22-40)20-19-33-35(37(41)42-3)25-28-10-9-27(26-39-2)24-34(28)36(33)44-38/h9-20,24-25,39H,4-8,21-23,26H2,1-3H3. The van der Waals surface area contributed by atoms with Gasteiger partial charge in [-0.15, -0.1) is 0 Å². The zero-order chi connectivity index (χ0) is 30.5. The first-order chi connectivity index (χ1) is 21.6. The molecule has 0 radical (unpaired) electrons. The average molecular weight is 591 g/mol. The van der Waals surface area contributed by atoms with Crippen molar-refractivity contribution in [3.63, 3.8) is 0 Å². The fourth-order valence-corrected chi connectivity index (χ4v) is 6.37. The third-order valence-electron chi connectivity index (χ3n) is 8.80. The molecule has 4 aromatic rings. The summed E-state index contributed by atoms with van der Waals surface area (Å²) in [5.41, 5.74) is 4.66. The monoisotopic (exact) mass is 590 g/mol. The molecule has 0 saturated carbocycles. The number of carbonyl (C=O) groups is 1. The number of nitrogens with zero attached hydrogens (tertiary/aromatic N) is 1. The molecule has 0 aromatic heterocycles. The van der Waals surface area contributed by atoms with Gasteiger partial charge >= 0.3 is 5.97 Å². The van der Waals surface area contributed by atoms with Gasteiger partial charge in [0.15, 0.2) is 5.60 Å². The van der Waals surface area contributed by atoms with Gasteiger partial charge in [0.1, 0.15) is 11.5 Å². The van der Waals surface area contributed by atoms with Gasteiger partial charge in [-0.05, 0) is 92.2 Å².